The molecule has 1 saturated heterocycles. The lowest BCUT2D eigenvalue weighted by molar-refractivity contribution is 0.0503. The molecule has 3 aliphatic heterocycles. The number of ether oxygens (including phenoxy) is 3. The van der Waals surface area contributed by atoms with Gasteiger partial charge in [-0.3, -0.25) is 4.90 Å². The van der Waals surface area contributed by atoms with Crippen LogP contribution in [0.5, 0.6) is 11.5 Å². The number of fused-ring (bicyclic) bond motifs is 3. The van der Waals surface area contributed by atoms with Crippen molar-refractivity contribution in [3.8, 4) is 11.5 Å². The van der Waals surface area contributed by atoms with Crippen molar-refractivity contribution in [2.75, 3.05) is 38.2 Å². The van der Waals surface area contributed by atoms with Gasteiger partial charge in [-0.05, 0) is 43.5 Å². The molecule has 1 aromatic carbocycles. The summed E-state index contributed by atoms with van der Waals surface area (Å²) < 4.78 is 17.4. The smallest absolute Gasteiger partial charge is 0.223 e. The topological polar surface area (TPSA) is 68.7 Å². The van der Waals surface area contributed by atoms with Crippen molar-refractivity contribution in [1.29, 1.82) is 0 Å². The van der Waals surface area contributed by atoms with Crippen molar-refractivity contribution in [2.45, 2.75) is 43.9 Å². The van der Waals surface area contributed by atoms with Gasteiger partial charge >= 0.3 is 0 Å². The van der Waals surface area contributed by atoms with E-state index >= 15 is 0 Å². The molecule has 7 heteroatoms. The van der Waals surface area contributed by atoms with Crippen molar-refractivity contribution in [1.82, 2.24) is 14.9 Å². The van der Waals surface area contributed by atoms with Gasteiger partial charge in [0.1, 0.15) is 13.2 Å². The third kappa shape index (κ3) is 3.32. The highest BCUT2D eigenvalue weighted by Gasteiger charge is 2.45. The molecular formula is C22H26N4O3. The molecule has 152 valence electrons. The average molecular weight is 394 g/mol. The lowest BCUT2D eigenvalue weighted by atomic mass is 9.80. The van der Waals surface area contributed by atoms with E-state index in [0.29, 0.717) is 25.9 Å². The highest BCUT2D eigenvalue weighted by molar-refractivity contribution is 5.44. The Kier molecular flexibility index (Phi) is 4.13. The van der Waals surface area contributed by atoms with Gasteiger partial charge in [0.15, 0.2) is 11.5 Å². The molecule has 1 unspecified atom stereocenters. The molecule has 1 spiro atoms. The van der Waals surface area contributed by atoms with Crippen LogP contribution < -0.4 is 14.8 Å². The summed E-state index contributed by atoms with van der Waals surface area (Å²) in [5.41, 5.74) is 3.54. The van der Waals surface area contributed by atoms with E-state index in [1.54, 1.807) is 0 Å². The van der Waals surface area contributed by atoms with Gasteiger partial charge in [-0.2, -0.15) is 0 Å². The molecule has 0 radical (unpaired) electrons. The molecule has 4 heterocycles. The van der Waals surface area contributed by atoms with Gasteiger partial charge in [0.25, 0.3) is 0 Å². The molecule has 1 aromatic heterocycles. The Labute approximate surface area is 170 Å². The highest BCUT2D eigenvalue weighted by Crippen LogP contribution is 2.40. The lowest BCUT2D eigenvalue weighted by Crippen LogP contribution is -2.40. The number of hydrogen-bond donors (Lipinski definition) is 1. The summed E-state index contributed by atoms with van der Waals surface area (Å²) in [6.07, 6.45) is 5.46. The van der Waals surface area contributed by atoms with Crippen molar-refractivity contribution < 1.29 is 14.2 Å². The quantitative estimate of drug-likeness (QED) is 0.854. The van der Waals surface area contributed by atoms with Crippen molar-refractivity contribution in [3.63, 3.8) is 0 Å². The van der Waals surface area contributed by atoms with Crippen LogP contribution in [-0.4, -0.2) is 53.8 Å². The van der Waals surface area contributed by atoms with Gasteiger partial charge in [-0.25, -0.2) is 9.97 Å². The van der Waals surface area contributed by atoms with Gasteiger partial charge in [0.05, 0.1) is 24.3 Å². The molecule has 4 aliphatic rings. The minimum atomic E-state index is -0.0374. The molecule has 1 aliphatic carbocycles. The first kappa shape index (κ1) is 17.5. The minimum Gasteiger partial charge on any atom is -0.486 e. The maximum Gasteiger partial charge on any atom is 0.223 e. The number of nitrogens with one attached hydrogen (secondary N) is 1. The first-order chi connectivity index (χ1) is 14.3. The molecule has 7 nitrogen and oxygen atoms in total. The monoisotopic (exact) mass is 394 g/mol. The fourth-order valence-corrected chi connectivity index (χ4v) is 4.72. The first-order valence-electron chi connectivity index (χ1n) is 10.6. The van der Waals surface area contributed by atoms with Crippen LogP contribution in [0.15, 0.2) is 24.4 Å². The molecule has 6 rings (SSSR count). The maximum atomic E-state index is 5.98. The third-order valence-electron chi connectivity index (χ3n) is 6.36. The predicted molar refractivity (Wildman–Crippen MR) is 107 cm³/mol. The van der Waals surface area contributed by atoms with Crippen LogP contribution in [0.3, 0.4) is 0 Å². The zero-order chi connectivity index (χ0) is 19.3. The van der Waals surface area contributed by atoms with E-state index in [1.807, 2.05) is 12.3 Å². The fraction of sp³-hybridized carbons (Fsp3) is 0.545. The Morgan fingerprint density at radius 1 is 1.17 bits per heavy atom. The van der Waals surface area contributed by atoms with Crippen LogP contribution >= 0.6 is 0 Å². The van der Waals surface area contributed by atoms with Crippen LogP contribution in [0.2, 0.25) is 0 Å². The predicted octanol–water partition coefficient (Wildman–Crippen LogP) is 2.50. The SMILES string of the molecule is c1cc2c(cc1CN1CCC3(COCc4cnc(NC5CC5)nc43)C1)OCCO2. The van der Waals surface area contributed by atoms with Gasteiger partial charge in [-0.1, -0.05) is 6.07 Å². The highest BCUT2D eigenvalue weighted by atomic mass is 16.6. The van der Waals surface area contributed by atoms with Crippen molar-refractivity contribution in [2.24, 2.45) is 0 Å². The minimum absolute atomic E-state index is 0.0374. The van der Waals surface area contributed by atoms with Crippen LogP contribution in [0.1, 0.15) is 36.1 Å². The summed E-state index contributed by atoms with van der Waals surface area (Å²) in [6, 6.07) is 6.84. The van der Waals surface area contributed by atoms with Gasteiger partial charge in [0, 0.05) is 30.9 Å². The summed E-state index contributed by atoms with van der Waals surface area (Å²) in [5, 5.41) is 3.45. The number of anilines is 1. The van der Waals surface area contributed by atoms with E-state index in [9.17, 15) is 0 Å². The van der Waals surface area contributed by atoms with E-state index < -0.39 is 0 Å². The van der Waals surface area contributed by atoms with Crippen molar-refractivity contribution >= 4 is 5.95 Å². The normalized spacial score (nSPS) is 25.8. The average Bonchev–Trinajstić information content (AvgIpc) is 3.48. The molecule has 1 saturated carbocycles. The second-order valence-electron chi connectivity index (χ2n) is 8.70. The Morgan fingerprint density at radius 3 is 2.97 bits per heavy atom. The Balaban J connectivity index is 1.22. The van der Waals surface area contributed by atoms with E-state index in [0.717, 1.165) is 55.7 Å². The van der Waals surface area contributed by atoms with E-state index in [4.69, 9.17) is 19.2 Å². The van der Waals surface area contributed by atoms with E-state index in [-0.39, 0.29) is 5.41 Å². The van der Waals surface area contributed by atoms with Crippen LogP contribution in [0.4, 0.5) is 5.95 Å². The van der Waals surface area contributed by atoms with Gasteiger partial charge < -0.3 is 19.5 Å². The largest absolute Gasteiger partial charge is 0.486 e. The zero-order valence-corrected chi connectivity index (χ0v) is 16.5. The standard InChI is InChI=1S/C22H26N4O3/c1-4-18-19(29-8-7-28-18)9-15(1)11-26-6-5-22(13-26)14-27-12-16-10-23-21(25-20(16)22)24-17-2-3-17/h1,4,9-10,17H,2-3,5-8,11-14H2,(H,23,24,25). The van der Waals surface area contributed by atoms with Crippen LogP contribution in [0.25, 0.3) is 0 Å². The summed E-state index contributed by atoms with van der Waals surface area (Å²) in [5.74, 6) is 2.48. The lowest BCUT2D eigenvalue weighted by Gasteiger charge is -2.34. The summed E-state index contributed by atoms with van der Waals surface area (Å²) >= 11 is 0. The van der Waals surface area contributed by atoms with Gasteiger partial charge in [0.2, 0.25) is 5.95 Å². The van der Waals surface area contributed by atoms with Crippen molar-refractivity contribution in [3.05, 3.63) is 41.2 Å². The van der Waals surface area contributed by atoms with Crippen LogP contribution in [0, 0.1) is 0 Å². The van der Waals surface area contributed by atoms with E-state index in [2.05, 4.69) is 27.3 Å². The van der Waals surface area contributed by atoms with Crippen LogP contribution in [-0.2, 0) is 23.3 Å². The molecule has 1 N–H and O–H groups in total. The second-order valence-corrected chi connectivity index (χ2v) is 8.70. The number of hydrogen-bond acceptors (Lipinski definition) is 7. The Hall–Kier alpha value is -2.38. The molecular weight excluding hydrogens is 368 g/mol. The molecule has 0 bridgehead atoms. The Bertz CT molecular complexity index is 932. The molecule has 2 aromatic rings. The summed E-state index contributed by atoms with van der Waals surface area (Å²) in [6.45, 7) is 5.47. The van der Waals surface area contributed by atoms with Gasteiger partial charge in [-0.15, -0.1) is 0 Å². The number of rotatable bonds is 4. The molecule has 29 heavy (non-hydrogen) atoms. The summed E-state index contributed by atoms with van der Waals surface area (Å²) in [7, 11) is 0. The first-order valence-corrected chi connectivity index (χ1v) is 10.6. The molecule has 1 atom stereocenters. The molecule has 0 amide bonds. The maximum absolute atomic E-state index is 5.98. The third-order valence-corrected chi connectivity index (χ3v) is 6.36. The number of aromatic nitrogens is 2. The summed E-state index contributed by atoms with van der Waals surface area (Å²) in [4.78, 5) is 12.0. The Morgan fingerprint density at radius 2 is 2.07 bits per heavy atom. The zero-order valence-electron chi connectivity index (χ0n) is 16.5. The number of nitrogens with zero attached hydrogens (tertiary/aromatic N) is 3. The second kappa shape index (κ2) is 6.85. The number of benzene rings is 1. The fourth-order valence-electron chi connectivity index (χ4n) is 4.72. The molecule has 2 fully saturated rings. The number of likely N-dealkylation sites (tertiary alicyclic amines) is 1. The van der Waals surface area contributed by atoms with E-state index in [1.165, 1.54) is 24.1 Å².